The summed E-state index contributed by atoms with van der Waals surface area (Å²) in [4.78, 5) is 2.16. The fraction of sp³-hybridized carbons (Fsp3) is 0.214. The first-order chi connectivity index (χ1) is 9.29. The van der Waals surface area contributed by atoms with Crippen LogP contribution in [0.3, 0.4) is 0 Å². The summed E-state index contributed by atoms with van der Waals surface area (Å²) in [5, 5.41) is 19.5. The maximum absolute atomic E-state index is 8.62. The molecule has 0 radical (unpaired) electrons. The fourth-order valence-electron chi connectivity index (χ4n) is 1.65. The smallest absolute Gasteiger partial charge is 0.163 e. The van der Waals surface area contributed by atoms with Gasteiger partial charge in [0.05, 0.1) is 0 Å². The van der Waals surface area contributed by atoms with Gasteiger partial charge in [0.15, 0.2) is 5.69 Å². The van der Waals surface area contributed by atoms with Crippen LogP contribution in [0.1, 0.15) is 5.69 Å². The number of benzene rings is 1. The molecule has 0 bridgehead atoms. The summed E-state index contributed by atoms with van der Waals surface area (Å²) in [5.74, 6) is 0.681. The first kappa shape index (κ1) is 12.8. The summed E-state index contributed by atoms with van der Waals surface area (Å²) in [6, 6.07) is 15.5. The predicted molar refractivity (Wildman–Crippen MR) is 74.9 cm³/mol. The van der Waals surface area contributed by atoms with Gasteiger partial charge in [0, 0.05) is 25.8 Å². The molecule has 2 aromatic rings. The highest BCUT2D eigenvalue weighted by Gasteiger charge is 2.00. The minimum atomic E-state index is 0.326. The molecule has 1 aromatic carbocycles. The zero-order chi connectivity index (χ0) is 13.5. The highest BCUT2D eigenvalue weighted by Crippen LogP contribution is 2.10. The summed E-state index contributed by atoms with van der Waals surface area (Å²) >= 11 is 0. The average molecular weight is 253 g/mol. The van der Waals surface area contributed by atoms with Crippen LogP contribution in [0.5, 0.6) is 0 Å². The molecular formula is C14H15N5. The Morgan fingerprint density at radius 1 is 1.16 bits per heavy atom. The summed E-state index contributed by atoms with van der Waals surface area (Å²) in [7, 11) is 2.04. The maximum Gasteiger partial charge on any atom is 0.163 e. The number of rotatable bonds is 5. The van der Waals surface area contributed by atoms with E-state index in [1.165, 1.54) is 5.69 Å². The SMILES string of the molecule is CN(CCNc1ccc(C#N)nn1)c1ccccc1. The second-order valence-corrected chi connectivity index (χ2v) is 4.10. The third-order valence-electron chi connectivity index (χ3n) is 2.73. The average Bonchev–Trinajstić information content (AvgIpc) is 2.49. The van der Waals surface area contributed by atoms with Gasteiger partial charge in [-0.05, 0) is 24.3 Å². The Balaban J connectivity index is 1.81. The number of para-hydroxylation sites is 1. The van der Waals surface area contributed by atoms with Crippen LogP contribution in [-0.2, 0) is 0 Å². The molecule has 0 aliphatic carbocycles. The van der Waals surface area contributed by atoms with E-state index in [4.69, 9.17) is 5.26 Å². The van der Waals surface area contributed by atoms with E-state index < -0.39 is 0 Å². The molecule has 0 unspecified atom stereocenters. The van der Waals surface area contributed by atoms with Gasteiger partial charge >= 0.3 is 0 Å². The van der Waals surface area contributed by atoms with Crippen molar-refractivity contribution in [3.8, 4) is 6.07 Å². The van der Waals surface area contributed by atoms with Crippen LogP contribution in [-0.4, -0.2) is 30.3 Å². The van der Waals surface area contributed by atoms with Crippen molar-refractivity contribution >= 4 is 11.5 Å². The van der Waals surface area contributed by atoms with E-state index in [1.54, 1.807) is 12.1 Å². The molecule has 0 aliphatic rings. The Morgan fingerprint density at radius 3 is 2.58 bits per heavy atom. The topological polar surface area (TPSA) is 64.8 Å². The third kappa shape index (κ3) is 3.68. The second-order valence-electron chi connectivity index (χ2n) is 4.10. The molecule has 0 saturated heterocycles. The number of anilines is 2. The number of nitrogens with zero attached hydrogens (tertiary/aromatic N) is 4. The van der Waals surface area contributed by atoms with Crippen LogP contribution in [0.4, 0.5) is 11.5 Å². The lowest BCUT2D eigenvalue weighted by molar-refractivity contribution is 0.899. The monoisotopic (exact) mass is 253 g/mol. The fourth-order valence-corrected chi connectivity index (χ4v) is 1.65. The van der Waals surface area contributed by atoms with Crippen molar-refractivity contribution in [2.24, 2.45) is 0 Å². The van der Waals surface area contributed by atoms with E-state index in [2.05, 4.69) is 32.5 Å². The first-order valence-corrected chi connectivity index (χ1v) is 6.03. The molecule has 0 amide bonds. The van der Waals surface area contributed by atoms with Crippen LogP contribution in [0.15, 0.2) is 42.5 Å². The van der Waals surface area contributed by atoms with Gasteiger partial charge < -0.3 is 10.2 Å². The van der Waals surface area contributed by atoms with Crippen molar-refractivity contribution in [2.75, 3.05) is 30.4 Å². The van der Waals surface area contributed by atoms with Gasteiger partial charge in [0.25, 0.3) is 0 Å². The molecule has 19 heavy (non-hydrogen) atoms. The molecule has 0 saturated carbocycles. The molecule has 0 fully saturated rings. The van der Waals surface area contributed by atoms with E-state index in [0.717, 1.165) is 13.1 Å². The molecule has 1 heterocycles. The Bertz CT molecular complexity index is 544. The van der Waals surface area contributed by atoms with E-state index >= 15 is 0 Å². The van der Waals surface area contributed by atoms with Gasteiger partial charge in [-0.25, -0.2) is 0 Å². The molecule has 1 N–H and O–H groups in total. The lowest BCUT2D eigenvalue weighted by Gasteiger charge is -2.19. The van der Waals surface area contributed by atoms with Gasteiger partial charge in [-0.3, -0.25) is 0 Å². The Morgan fingerprint density at radius 2 is 1.95 bits per heavy atom. The quantitative estimate of drug-likeness (QED) is 0.881. The number of hydrogen-bond acceptors (Lipinski definition) is 5. The number of nitrogens with one attached hydrogen (secondary N) is 1. The standard InChI is InChI=1S/C14H15N5/c1-19(13-5-3-2-4-6-13)10-9-16-14-8-7-12(11-15)17-18-14/h2-8H,9-10H2,1H3,(H,16,18). The van der Waals surface area contributed by atoms with Gasteiger partial charge in [0.1, 0.15) is 11.9 Å². The lowest BCUT2D eigenvalue weighted by Crippen LogP contribution is -2.24. The molecule has 2 rings (SSSR count). The number of nitriles is 1. The van der Waals surface area contributed by atoms with E-state index in [1.807, 2.05) is 31.3 Å². The number of likely N-dealkylation sites (N-methyl/N-ethyl adjacent to an activating group) is 1. The van der Waals surface area contributed by atoms with Crippen molar-refractivity contribution in [2.45, 2.75) is 0 Å². The normalized spacial score (nSPS) is 9.68. The molecular weight excluding hydrogens is 238 g/mol. The van der Waals surface area contributed by atoms with Crippen molar-refractivity contribution in [1.29, 1.82) is 5.26 Å². The van der Waals surface area contributed by atoms with E-state index in [-0.39, 0.29) is 0 Å². The predicted octanol–water partition coefficient (Wildman–Crippen LogP) is 1.90. The zero-order valence-electron chi connectivity index (χ0n) is 10.7. The highest BCUT2D eigenvalue weighted by molar-refractivity contribution is 5.45. The van der Waals surface area contributed by atoms with Crippen molar-refractivity contribution in [3.63, 3.8) is 0 Å². The molecule has 5 nitrogen and oxygen atoms in total. The van der Waals surface area contributed by atoms with Crippen LogP contribution in [0.25, 0.3) is 0 Å². The summed E-state index contributed by atoms with van der Waals surface area (Å²) in [6.45, 7) is 1.61. The van der Waals surface area contributed by atoms with Crippen molar-refractivity contribution in [3.05, 3.63) is 48.2 Å². The molecule has 5 heteroatoms. The maximum atomic E-state index is 8.62. The van der Waals surface area contributed by atoms with E-state index in [0.29, 0.717) is 11.5 Å². The summed E-state index contributed by atoms with van der Waals surface area (Å²) in [6.07, 6.45) is 0. The minimum absolute atomic E-state index is 0.326. The molecule has 0 aliphatic heterocycles. The van der Waals surface area contributed by atoms with Gasteiger partial charge in [-0.2, -0.15) is 5.26 Å². The summed E-state index contributed by atoms with van der Waals surface area (Å²) < 4.78 is 0. The largest absolute Gasteiger partial charge is 0.373 e. The minimum Gasteiger partial charge on any atom is -0.373 e. The molecule has 96 valence electrons. The molecule has 0 atom stereocenters. The van der Waals surface area contributed by atoms with Crippen LogP contribution < -0.4 is 10.2 Å². The second kappa shape index (κ2) is 6.36. The van der Waals surface area contributed by atoms with Crippen LogP contribution in [0, 0.1) is 11.3 Å². The zero-order valence-corrected chi connectivity index (χ0v) is 10.7. The van der Waals surface area contributed by atoms with Gasteiger partial charge in [-0.1, -0.05) is 18.2 Å². The number of hydrogen-bond donors (Lipinski definition) is 1. The third-order valence-corrected chi connectivity index (χ3v) is 2.73. The van der Waals surface area contributed by atoms with E-state index in [9.17, 15) is 0 Å². The highest BCUT2D eigenvalue weighted by atomic mass is 15.2. The van der Waals surface area contributed by atoms with Gasteiger partial charge in [-0.15, -0.1) is 10.2 Å². The first-order valence-electron chi connectivity index (χ1n) is 6.03. The van der Waals surface area contributed by atoms with Crippen LogP contribution in [0.2, 0.25) is 0 Å². The lowest BCUT2D eigenvalue weighted by atomic mass is 10.3. The Labute approximate surface area is 112 Å². The Hall–Kier alpha value is -2.61. The summed E-state index contributed by atoms with van der Waals surface area (Å²) in [5.41, 5.74) is 1.50. The molecule has 0 spiro atoms. The van der Waals surface area contributed by atoms with Crippen LogP contribution >= 0.6 is 0 Å². The number of aromatic nitrogens is 2. The Kier molecular flexibility index (Phi) is 4.29. The van der Waals surface area contributed by atoms with Crippen molar-refractivity contribution < 1.29 is 0 Å². The molecule has 1 aromatic heterocycles. The van der Waals surface area contributed by atoms with Gasteiger partial charge in [0.2, 0.25) is 0 Å². The van der Waals surface area contributed by atoms with Crippen molar-refractivity contribution in [1.82, 2.24) is 10.2 Å².